The largest absolute Gasteiger partial charge is 0.454 e. The lowest BCUT2D eigenvalue weighted by molar-refractivity contribution is 0.174. The zero-order valence-corrected chi connectivity index (χ0v) is 14.6. The van der Waals surface area contributed by atoms with E-state index in [0.717, 1.165) is 22.6 Å². The summed E-state index contributed by atoms with van der Waals surface area (Å²) in [5.41, 5.74) is 5.12. The van der Waals surface area contributed by atoms with Crippen molar-refractivity contribution < 1.29 is 14.0 Å². The summed E-state index contributed by atoms with van der Waals surface area (Å²) in [5, 5.41) is 7.49. The SMILES string of the molecule is Cc1ccc(-c2noc3c(NCc4ccc5c(c4)OCO5)ncnc23)cc1. The van der Waals surface area contributed by atoms with Gasteiger partial charge >= 0.3 is 0 Å². The van der Waals surface area contributed by atoms with Crippen LogP contribution in [0.4, 0.5) is 5.82 Å². The number of nitrogens with one attached hydrogen (secondary N) is 1. The molecule has 0 saturated carbocycles. The van der Waals surface area contributed by atoms with Crippen molar-refractivity contribution in [2.24, 2.45) is 0 Å². The summed E-state index contributed by atoms with van der Waals surface area (Å²) >= 11 is 0. The summed E-state index contributed by atoms with van der Waals surface area (Å²) in [4.78, 5) is 8.66. The van der Waals surface area contributed by atoms with Gasteiger partial charge in [0, 0.05) is 12.1 Å². The van der Waals surface area contributed by atoms with E-state index in [1.165, 1.54) is 11.9 Å². The molecule has 5 rings (SSSR count). The Bertz CT molecular complexity index is 1120. The minimum atomic E-state index is 0.262. The van der Waals surface area contributed by atoms with E-state index in [1.54, 1.807) is 0 Å². The predicted molar refractivity (Wildman–Crippen MR) is 99.7 cm³/mol. The molecule has 0 bridgehead atoms. The summed E-state index contributed by atoms with van der Waals surface area (Å²) in [6.07, 6.45) is 1.51. The Morgan fingerprint density at radius 3 is 2.74 bits per heavy atom. The van der Waals surface area contributed by atoms with Crippen LogP contribution in [0.2, 0.25) is 0 Å². The second kappa shape index (κ2) is 6.28. The second-order valence-corrected chi connectivity index (χ2v) is 6.34. The highest BCUT2D eigenvalue weighted by Crippen LogP contribution is 2.33. The molecule has 1 N–H and O–H groups in total. The van der Waals surface area contributed by atoms with Gasteiger partial charge in [0.25, 0.3) is 0 Å². The van der Waals surface area contributed by atoms with Gasteiger partial charge in [0.05, 0.1) is 0 Å². The lowest BCUT2D eigenvalue weighted by atomic mass is 10.1. The second-order valence-electron chi connectivity index (χ2n) is 6.34. The van der Waals surface area contributed by atoms with E-state index in [2.05, 4.69) is 20.4 Å². The van der Waals surface area contributed by atoms with Crippen LogP contribution in [0.5, 0.6) is 11.5 Å². The monoisotopic (exact) mass is 360 g/mol. The molecule has 134 valence electrons. The Labute approximate surface area is 154 Å². The van der Waals surface area contributed by atoms with Crippen LogP contribution >= 0.6 is 0 Å². The standard InChI is InChI=1S/C20H16N4O3/c1-12-2-5-14(6-3-12)17-18-19(27-24-17)20(23-10-22-18)21-9-13-4-7-15-16(8-13)26-11-25-15/h2-8,10H,9,11H2,1H3,(H,21,22,23). The first-order valence-corrected chi connectivity index (χ1v) is 8.58. The number of ether oxygens (including phenoxy) is 2. The Morgan fingerprint density at radius 2 is 1.85 bits per heavy atom. The third-order valence-electron chi connectivity index (χ3n) is 4.48. The number of aryl methyl sites for hydroxylation is 1. The van der Waals surface area contributed by atoms with E-state index in [4.69, 9.17) is 14.0 Å². The summed E-state index contributed by atoms with van der Waals surface area (Å²) < 4.78 is 16.3. The van der Waals surface area contributed by atoms with Gasteiger partial charge in [0.15, 0.2) is 17.3 Å². The molecule has 27 heavy (non-hydrogen) atoms. The van der Waals surface area contributed by atoms with Crippen molar-refractivity contribution in [2.45, 2.75) is 13.5 Å². The van der Waals surface area contributed by atoms with Crippen LogP contribution in [0.1, 0.15) is 11.1 Å². The molecule has 0 saturated heterocycles. The van der Waals surface area contributed by atoms with Crippen molar-refractivity contribution in [3.05, 3.63) is 59.9 Å². The molecular weight excluding hydrogens is 344 g/mol. The molecule has 0 fully saturated rings. The van der Waals surface area contributed by atoms with Gasteiger partial charge in [-0.25, -0.2) is 9.97 Å². The van der Waals surface area contributed by atoms with Crippen LogP contribution in [0.3, 0.4) is 0 Å². The molecule has 0 spiro atoms. The molecule has 1 aliphatic rings. The molecule has 0 atom stereocenters. The first-order valence-electron chi connectivity index (χ1n) is 8.58. The van der Waals surface area contributed by atoms with Crippen LogP contribution in [0, 0.1) is 6.92 Å². The predicted octanol–water partition coefficient (Wildman–Crippen LogP) is 3.93. The van der Waals surface area contributed by atoms with Gasteiger partial charge in [0.2, 0.25) is 12.4 Å². The normalized spacial score (nSPS) is 12.5. The summed E-state index contributed by atoms with van der Waals surface area (Å²) in [6, 6.07) is 13.9. The smallest absolute Gasteiger partial charge is 0.231 e. The summed E-state index contributed by atoms with van der Waals surface area (Å²) in [5.74, 6) is 2.12. The van der Waals surface area contributed by atoms with Crippen molar-refractivity contribution in [1.82, 2.24) is 15.1 Å². The molecule has 4 aromatic rings. The minimum Gasteiger partial charge on any atom is -0.454 e. The van der Waals surface area contributed by atoms with E-state index in [9.17, 15) is 0 Å². The third kappa shape index (κ3) is 2.83. The van der Waals surface area contributed by atoms with Crippen LogP contribution in [0.25, 0.3) is 22.4 Å². The Hall–Kier alpha value is -3.61. The fourth-order valence-electron chi connectivity index (χ4n) is 3.03. The van der Waals surface area contributed by atoms with Crippen molar-refractivity contribution in [3.63, 3.8) is 0 Å². The van der Waals surface area contributed by atoms with Crippen molar-refractivity contribution in [3.8, 4) is 22.8 Å². The highest BCUT2D eigenvalue weighted by Gasteiger charge is 2.17. The van der Waals surface area contributed by atoms with Crippen molar-refractivity contribution in [2.75, 3.05) is 12.1 Å². The van der Waals surface area contributed by atoms with E-state index < -0.39 is 0 Å². The number of nitrogens with zero attached hydrogens (tertiary/aromatic N) is 3. The van der Waals surface area contributed by atoms with E-state index in [1.807, 2.05) is 49.4 Å². The fourth-order valence-corrected chi connectivity index (χ4v) is 3.03. The average Bonchev–Trinajstić information content (AvgIpc) is 3.33. The van der Waals surface area contributed by atoms with Gasteiger partial charge in [-0.1, -0.05) is 41.1 Å². The van der Waals surface area contributed by atoms with E-state index in [0.29, 0.717) is 29.2 Å². The van der Waals surface area contributed by atoms with Crippen LogP contribution in [-0.2, 0) is 6.54 Å². The molecule has 7 heteroatoms. The Balaban J connectivity index is 1.43. The number of anilines is 1. The molecule has 0 aliphatic carbocycles. The molecule has 0 amide bonds. The van der Waals surface area contributed by atoms with Crippen LogP contribution in [-0.4, -0.2) is 21.9 Å². The van der Waals surface area contributed by atoms with Gasteiger partial charge in [-0.05, 0) is 24.6 Å². The average molecular weight is 360 g/mol. The number of hydrogen-bond acceptors (Lipinski definition) is 7. The number of hydrogen-bond donors (Lipinski definition) is 1. The topological polar surface area (TPSA) is 82.3 Å². The minimum absolute atomic E-state index is 0.262. The van der Waals surface area contributed by atoms with Gasteiger partial charge in [-0.15, -0.1) is 0 Å². The lowest BCUT2D eigenvalue weighted by Gasteiger charge is -2.06. The molecule has 0 unspecified atom stereocenters. The fraction of sp³-hybridized carbons (Fsp3) is 0.150. The number of rotatable bonds is 4. The molecule has 3 heterocycles. The van der Waals surface area contributed by atoms with E-state index >= 15 is 0 Å². The lowest BCUT2D eigenvalue weighted by Crippen LogP contribution is -2.02. The highest BCUT2D eigenvalue weighted by atomic mass is 16.7. The maximum atomic E-state index is 5.55. The summed E-state index contributed by atoms with van der Waals surface area (Å²) in [7, 11) is 0. The van der Waals surface area contributed by atoms with Gasteiger partial charge < -0.3 is 19.3 Å². The van der Waals surface area contributed by atoms with Crippen molar-refractivity contribution >= 4 is 16.9 Å². The van der Waals surface area contributed by atoms with Gasteiger partial charge in [0.1, 0.15) is 17.5 Å². The highest BCUT2D eigenvalue weighted by molar-refractivity contribution is 5.93. The van der Waals surface area contributed by atoms with Gasteiger partial charge in [-0.3, -0.25) is 0 Å². The Kier molecular flexibility index (Phi) is 3.64. The first-order chi connectivity index (χ1) is 13.3. The molecule has 0 radical (unpaired) electrons. The van der Waals surface area contributed by atoms with Gasteiger partial charge in [-0.2, -0.15) is 0 Å². The quantitative estimate of drug-likeness (QED) is 0.590. The zero-order valence-electron chi connectivity index (χ0n) is 14.6. The third-order valence-corrected chi connectivity index (χ3v) is 4.48. The Morgan fingerprint density at radius 1 is 1.00 bits per heavy atom. The number of benzene rings is 2. The molecular formula is C20H16N4O3. The summed E-state index contributed by atoms with van der Waals surface area (Å²) in [6.45, 7) is 2.87. The van der Waals surface area contributed by atoms with Crippen molar-refractivity contribution in [1.29, 1.82) is 0 Å². The maximum Gasteiger partial charge on any atom is 0.231 e. The molecule has 2 aromatic heterocycles. The first kappa shape index (κ1) is 15.6. The van der Waals surface area contributed by atoms with Crippen LogP contribution < -0.4 is 14.8 Å². The van der Waals surface area contributed by atoms with E-state index in [-0.39, 0.29) is 6.79 Å². The van der Waals surface area contributed by atoms with Crippen LogP contribution in [0.15, 0.2) is 53.3 Å². The number of aromatic nitrogens is 3. The molecule has 1 aliphatic heterocycles. The number of fused-ring (bicyclic) bond motifs is 2. The molecule has 2 aromatic carbocycles. The maximum absolute atomic E-state index is 5.55. The zero-order chi connectivity index (χ0) is 18.2. The molecule has 7 nitrogen and oxygen atoms in total.